The van der Waals surface area contributed by atoms with E-state index in [1.807, 2.05) is 24.1 Å². The van der Waals surface area contributed by atoms with E-state index in [1.165, 1.54) is 12.1 Å². The lowest BCUT2D eigenvalue weighted by Crippen LogP contribution is -2.26. The Kier molecular flexibility index (Phi) is 5.15. The third-order valence-corrected chi connectivity index (χ3v) is 4.98. The van der Waals surface area contributed by atoms with Crippen molar-refractivity contribution >= 4 is 11.4 Å². The molecule has 156 valence electrons. The predicted octanol–water partition coefficient (Wildman–Crippen LogP) is 5.02. The van der Waals surface area contributed by atoms with Gasteiger partial charge in [0.2, 0.25) is 0 Å². The van der Waals surface area contributed by atoms with Crippen molar-refractivity contribution in [2.75, 3.05) is 25.0 Å². The molecular weight excluding hydrogens is 403 g/mol. The molecule has 2 heterocycles. The van der Waals surface area contributed by atoms with E-state index in [2.05, 4.69) is 15.1 Å². The summed E-state index contributed by atoms with van der Waals surface area (Å²) in [4.78, 5) is 3.96. The maximum absolute atomic E-state index is 13.8. The molecule has 0 radical (unpaired) electrons. The molecule has 4 rings (SSSR count). The van der Waals surface area contributed by atoms with Crippen LogP contribution < -0.4 is 4.90 Å². The second kappa shape index (κ2) is 7.64. The molecule has 0 spiro atoms. The highest BCUT2D eigenvalue weighted by atomic mass is 19.4. The largest absolute Gasteiger partial charge is 0.435 e. The van der Waals surface area contributed by atoms with Crippen LogP contribution in [-0.2, 0) is 12.7 Å². The zero-order valence-corrected chi connectivity index (χ0v) is 15.9. The molecule has 0 unspecified atom stereocenters. The lowest BCUT2D eigenvalue weighted by Gasteiger charge is -2.25. The number of likely N-dealkylation sites (N-methyl/N-ethyl adjacent to an activating group) is 1. The number of fused-ring (bicyclic) bond motifs is 1. The summed E-state index contributed by atoms with van der Waals surface area (Å²) in [6.07, 6.45) is -4.55. The smallest absolute Gasteiger partial charge is 0.340 e. The Morgan fingerprint density at radius 3 is 2.33 bits per heavy atom. The monoisotopic (exact) mass is 420 g/mol. The summed E-state index contributed by atoms with van der Waals surface area (Å²) in [5, 5.41) is 7.00. The van der Waals surface area contributed by atoms with Crippen LogP contribution in [0.1, 0.15) is 11.3 Å². The molecule has 0 N–H and O–H groups in total. The van der Waals surface area contributed by atoms with E-state index in [4.69, 9.17) is 0 Å². The molecule has 0 saturated carbocycles. The molecule has 0 amide bonds. The highest BCUT2D eigenvalue weighted by molar-refractivity contribution is 5.72. The SMILES string of the molecule is CN1CCN(c2ccc(F)c(F)c2)c2ccc(-c3ccc(C(F)(F)F)nn3)cc2C1. The molecule has 3 aromatic rings. The van der Waals surface area contributed by atoms with E-state index in [0.29, 0.717) is 36.6 Å². The fourth-order valence-corrected chi connectivity index (χ4v) is 3.45. The lowest BCUT2D eigenvalue weighted by molar-refractivity contribution is -0.141. The van der Waals surface area contributed by atoms with Crippen LogP contribution in [0.3, 0.4) is 0 Å². The quantitative estimate of drug-likeness (QED) is 0.545. The number of nitrogens with zero attached hydrogens (tertiary/aromatic N) is 4. The molecular formula is C21H17F5N4. The van der Waals surface area contributed by atoms with Crippen LogP contribution in [0.4, 0.5) is 33.3 Å². The van der Waals surface area contributed by atoms with Gasteiger partial charge in [-0.05, 0) is 49.0 Å². The second-order valence-electron chi connectivity index (χ2n) is 7.13. The summed E-state index contributed by atoms with van der Waals surface area (Å²) < 4.78 is 65.3. The molecule has 30 heavy (non-hydrogen) atoms. The third-order valence-electron chi connectivity index (χ3n) is 4.98. The van der Waals surface area contributed by atoms with Crippen molar-refractivity contribution in [3.05, 3.63) is 71.4 Å². The van der Waals surface area contributed by atoms with Crippen molar-refractivity contribution in [2.24, 2.45) is 0 Å². The Morgan fingerprint density at radius 1 is 0.867 bits per heavy atom. The van der Waals surface area contributed by atoms with Gasteiger partial charge < -0.3 is 9.80 Å². The van der Waals surface area contributed by atoms with Crippen molar-refractivity contribution in [3.8, 4) is 11.3 Å². The van der Waals surface area contributed by atoms with Gasteiger partial charge in [0.25, 0.3) is 0 Å². The fraction of sp³-hybridized carbons (Fsp3) is 0.238. The number of alkyl halides is 3. The summed E-state index contributed by atoms with van der Waals surface area (Å²) in [7, 11) is 1.93. The zero-order chi connectivity index (χ0) is 21.5. The molecule has 1 aliphatic heterocycles. The van der Waals surface area contributed by atoms with Gasteiger partial charge in [0.05, 0.1) is 5.69 Å². The Bertz CT molecular complexity index is 1070. The van der Waals surface area contributed by atoms with Gasteiger partial charge in [-0.1, -0.05) is 6.07 Å². The maximum atomic E-state index is 13.8. The highest BCUT2D eigenvalue weighted by Crippen LogP contribution is 2.35. The number of hydrogen-bond acceptors (Lipinski definition) is 4. The van der Waals surface area contributed by atoms with Gasteiger partial charge in [-0.3, -0.25) is 0 Å². The van der Waals surface area contributed by atoms with E-state index in [0.717, 1.165) is 29.4 Å². The van der Waals surface area contributed by atoms with Crippen LogP contribution in [0.2, 0.25) is 0 Å². The van der Waals surface area contributed by atoms with Gasteiger partial charge in [0, 0.05) is 42.6 Å². The van der Waals surface area contributed by atoms with Crippen molar-refractivity contribution in [1.29, 1.82) is 0 Å². The van der Waals surface area contributed by atoms with Gasteiger partial charge in [-0.25, -0.2) is 8.78 Å². The van der Waals surface area contributed by atoms with Crippen LogP contribution in [0.15, 0.2) is 48.5 Å². The molecule has 2 aromatic carbocycles. The molecule has 0 aliphatic carbocycles. The standard InChI is InChI=1S/C21H17F5N4/c1-29-8-9-30(15-3-4-16(22)17(23)11-15)19-6-2-13(10-14(19)12-29)18-5-7-20(28-27-18)21(24,25)26/h2-7,10-11H,8-9,12H2,1H3. The minimum absolute atomic E-state index is 0.317. The highest BCUT2D eigenvalue weighted by Gasteiger charge is 2.33. The van der Waals surface area contributed by atoms with Crippen molar-refractivity contribution in [2.45, 2.75) is 12.7 Å². The molecule has 0 bridgehead atoms. The predicted molar refractivity (Wildman–Crippen MR) is 102 cm³/mol. The van der Waals surface area contributed by atoms with Crippen LogP contribution in [-0.4, -0.2) is 35.2 Å². The topological polar surface area (TPSA) is 32.3 Å². The first kappa shape index (κ1) is 20.2. The van der Waals surface area contributed by atoms with Crippen molar-refractivity contribution < 1.29 is 22.0 Å². The maximum Gasteiger partial charge on any atom is 0.435 e. The van der Waals surface area contributed by atoms with Gasteiger partial charge in [0.15, 0.2) is 17.3 Å². The molecule has 0 atom stereocenters. The number of hydrogen-bond donors (Lipinski definition) is 0. The van der Waals surface area contributed by atoms with Crippen LogP contribution in [0.5, 0.6) is 0 Å². The summed E-state index contributed by atoms with van der Waals surface area (Å²) in [6.45, 7) is 1.83. The fourth-order valence-electron chi connectivity index (χ4n) is 3.45. The first-order valence-electron chi connectivity index (χ1n) is 9.18. The average Bonchev–Trinajstić information content (AvgIpc) is 2.87. The van der Waals surface area contributed by atoms with Gasteiger partial charge >= 0.3 is 6.18 Å². The van der Waals surface area contributed by atoms with E-state index in [9.17, 15) is 22.0 Å². The first-order chi connectivity index (χ1) is 14.2. The van der Waals surface area contributed by atoms with Crippen LogP contribution in [0, 0.1) is 11.6 Å². The molecule has 0 saturated heterocycles. The van der Waals surface area contributed by atoms with E-state index in [1.54, 1.807) is 6.07 Å². The number of benzene rings is 2. The normalized spacial score (nSPS) is 15.1. The lowest BCUT2D eigenvalue weighted by atomic mass is 10.0. The van der Waals surface area contributed by atoms with Gasteiger partial charge in [-0.2, -0.15) is 13.2 Å². The second-order valence-corrected chi connectivity index (χ2v) is 7.13. The minimum atomic E-state index is -4.55. The first-order valence-corrected chi connectivity index (χ1v) is 9.18. The molecule has 0 fully saturated rings. The van der Waals surface area contributed by atoms with Crippen molar-refractivity contribution in [1.82, 2.24) is 15.1 Å². The number of halogens is 5. The molecule has 1 aliphatic rings. The Balaban J connectivity index is 1.73. The minimum Gasteiger partial charge on any atom is -0.340 e. The third kappa shape index (κ3) is 3.97. The van der Waals surface area contributed by atoms with Crippen LogP contribution >= 0.6 is 0 Å². The Hall–Kier alpha value is -3.07. The van der Waals surface area contributed by atoms with Gasteiger partial charge in [0.1, 0.15) is 0 Å². The summed E-state index contributed by atoms with van der Waals surface area (Å²) in [6, 6.07) is 11.3. The number of aromatic nitrogens is 2. The van der Waals surface area contributed by atoms with E-state index < -0.39 is 23.5 Å². The summed E-state index contributed by atoms with van der Waals surface area (Å²) >= 11 is 0. The molecule has 9 heteroatoms. The molecule has 1 aromatic heterocycles. The summed E-state index contributed by atoms with van der Waals surface area (Å²) in [5.74, 6) is -1.84. The number of anilines is 2. The van der Waals surface area contributed by atoms with Crippen LogP contribution in [0.25, 0.3) is 11.3 Å². The van der Waals surface area contributed by atoms with E-state index in [-0.39, 0.29) is 0 Å². The average molecular weight is 420 g/mol. The van der Waals surface area contributed by atoms with E-state index >= 15 is 0 Å². The Labute approximate surface area is 169 Å². The summed E-state index contributed by atoms with van der Waals surface area (Å²) in [5.41, 5.74) is 2.11. The zero-order valence-electron chi connectivity index (χ0n) is 15.9. The number of rotatable bonds is 2. The van der Waals surface area contributed by atoms with Crippen molar-refractivity contribution in [3.63, 3.8) is 0 Å². The van der Waals surface area contributed by atoms with Gasteiger partial charge in [-0.15, -0.1) is 10.2 Å². The molecule has 4 nitrogen and oxygen atoms in total. The Morgan fingerprint density at radius 2 is 1.67 bits per heavy atom.